The van der Waals surface area contributed by atoms with Crippen LogP contribution in [0.5, 0.6) is 11.5 Å². The monoisotopic (exact) mass is 464 g/mol. The van der Waals surface area contributed by atoms with Gasteiger partial charge in [0.05, 0.1) is 5.92 Å². The molecule has 0 radical (unpaired) electrons. The molecule has 0 aliphatic heterocycles. The van der Waals surface area contributed by atoms with E-state index < -0.39 is 22.6 Å². The van der Waals surface area contributed by atoms with Crippen molar-refractivity contribution in [2.45, 2.75) is 109 Å². The third kappa shape index (κ3) is 6.16. The molecule has 1 aromatic carbocycles. The highest BCUT2D eigenvalue weighted by Crippen LogP contribution is 2.45. The first-order valence-electron chi connectivity index (χ1n) is 11.7. The van der Waals surface area contributed by atoms with Crippen molar-refractivity contribution in [3.05, 3.63) is 23.8 Å². The quantitative estimate of drug-likeness (QED) is 0.436. The predicted molar refractivity (Wildman–Crippen MR) is 134 cm³/mol. The Morgan fingerprint density at radius 1 is 0.871 bits per heavy atom. The summed E-state index contributed by atoms with van der Waals surface area (Å²) in [7, 11) is -3.98. The van der Waals surface area contributed by atoms with Crippen molar-refractivity contribution < 1.29 is 18.8 Å². The summed E-state index contributed by atoms with van der Waals surface area (Å²) in [6, 6.07) is 6.38. The minimum Gasteiger partial charge on any atom is -0.543 e. The van der Waals surface area contributed by atoms with Gasteiger partial charge in [-0.2, -0.15) is 0 Å². The first-order chi connectivity index (χ1) is 13.9. The van der Waals surface area contributed by atoms with Gasteiger partial charge in [-0.1, -0.05) is 47.6 Å². The lowest BCUT2D eigenvalue weighted by Crippen LogP contribution is -2.44. The molecule has 0 spiro atoms. The summed E-state index contributed by atoms with van der Waals surface area (Å²) in [5, 5.41) is 9.60. The smallest absolute Gasteiger partial charge is 0.306 e. The van der Waals surface area contributed by atoms with Crippen LogP contribution >= 0.6 is 0 Å². The Morgan fingerprint density at radius 2 is 1.35 bits per heavy atom. The van der Waals surface area contributed by atoms with Gasteiger partial charge in [0.1, 0.15) is 11.5 Å². The van der Waals surface area contributed by atoms with Crippen molar-refractivity contribution in [3.63, 3.8) is 0 Å². The lowest BCUT2D eigenvalue weighted by Gasteiger charge is -2.39. The zero-order valence-electron chi connectivity index (χ0n) is 21.4. The average Bonchev–Trinajstić information content (AvgIpc) is 2.59. The molecular formula is C25H44O4Si2. The zero-order chi connectivity index (χ0) is 23.8. The van der Waals surface area contributed by atoms with Crippen LogP contribution < -0.4 is 8.85 Å². The molecule has 4 nitrogen and oxygen atoms in total. The molecule has 1 aliphatic carbocycles. The molecule has 0 amide bonds. The predicted octanol–water partition coefficient (Wildman–Crippen LogP) is 7.81. The van der Waals surface area contributed by atoms with E-state index in [-0.39, 0.29) is 16.0 Å². The summed E-state index contributed by atoms with van der Waals surface area (Å²) < 4.78 is 13.4. The van der Waals surface area contributed by atoms with Crippen LogP contribution in [0.25, 0.3) is 0 Å². The molecule has 0 saturated heterocycles. The number of carboxylic acid groups (broad SMARTS) is 1. The van der Waals surface area contributed by atoms with Crippen LogP contribution in [0.3, 0.4) is 0 Å². The molecule has 31 heavy (non-hydrogen) atoms. The number of carbonyl (C=O) groups is 1. The van der Waals surface area contributed by atoms with Gasteiger partial charge < -0.3 is 14.0 Å². The highest BCUT2D eigenvalue weighted by molar-refractivity contribution is 6.75. The van der Waals surface area contributed by atoms with Gasteiger partial charge in [0.25, 0.3) is 0 Å². The number of carboxylic acids is 1. The Morgan fingerprint density at radius 3 is 1.81 bits per heavy atom. The van der Waals surface area contributed by atoms with Crippen molar-refractivity contribution >= 4 is 22.6 Å². The van der Waals surface area contributed by atoms with Crippen LogP contribution in [-0.2, 0) is 4.79 Å². The maximum absolute atomic E-state index is 11.4. The van der Waals surface area contributed by atoms with E-state index in [0.717, 1.165) is 37.2 Å². The molecule has 0 aromatic heterocycles. The average molecular weight is 465 g/mol. The van der Waals surface area contributed by atoms with E-state index in [1.54, 1.807) is 0 Å². The van der Waals surface area contributed by atoms with E-state index in [4.69, 9.17) is 8.85 Å². The normalized spacial score (nSPS) is 21.0. The number of aliphatic carboxylic acids is 1. The van der Waals surface area contributed by atoms with Gasteiger partial charge in [-0.3, -0.25) is 4.79 Å². The van der Waals surface area contributed by atoms with Gasteiger partial charge in [-0.25, -0.2) is 0 Å². The van der Waals surface area contributed by atoms with E-state index >= 15 is 0 Å². The highest BCUT2D eigenvalue weighted by atomic mass is 28.4. The van der Waals surface area contributed by atoms with Crippen molar-refractivity contribution in [3.8, 4) is 11.5 Å². The van der Waals surface area contributed by atoms with Gasteiger partial charge in [0.15, 0.2) is 0 Å². The van der Waals surface area contributed by atoms with Gasteiger partial charge in [-0.15, -0.1) is 0 Å². The topological polar surface area (TPSA) is 55.8 Å². The minimum absolute atomic E-state index is 0.0987. The van der Waals surface area contributed by atoms with E-state index in [1.807, 2.05) is 0 Å². The number of benzene rings is 1. The molecule has 1 fully saturated rings. The largest absolute Gasteiger partial charge is 0.543 e. The lowest BCUT2D eigenvalue weighted by molar-refractivity contribution is -0.142. The Balaban J connectivity index is 2.40. The van der Waals surface area contributed by atoms with E-state index in [2.05, 4.69) is 85.9 Å². The number of rotatable bonds is 6. The van der Waals surface area contributed by atoms with Gasteiger partial charge in [-0.05, 0) is 79.5 Å². The second-order valence-electron chi connectivity index (χ2n) is 12.3. The fraction of sp³-hybridized carbons (Fsp3) is 0.720. The lowest BCUT2D eigenvalue weighted by atomic mass is 9.78. The first-order valence-corrected chi connectivity index (χ1v) is 17.5. The SMILES string of the molecule is CC(C)(C)[Si](C)(C)Oc1ccc(C2CCC(C(=O)O)CC2)c(O[Si](C)(C)C(C)(C)C)c1. The van der Waals surface area contributed by atoms with Crippen LogP contribution in [0.2, 0.25) is 36.3 Å². The fourth-order valence-corrected chi connectivity index (χ4v) is 5.59. The second-order valence-corrected chi connectivity index (χ2v) is 21.8. The van der Waals surface area contributed by atoms with E-state index in [9.17, 15) is 9.90 Å². The molecule has 0 bridgehead atoms. The summed E-state index contributed by atoms with van der Waals surface area (Å²) in [5.41, 5.74) is 1.22. The molecule has 2 rings (SSSR count). The van der Waals surface area contributed by atoms with Crippen LogP contribution in [0.4, 0.5) is 0 Å². The molecule has 1 N–H and O–H groups in total. The van der Waals surface area contributed by atoms with Crippen molar-refractivity contribution in [1.82, 2.24) is 0 Å². The molecule has 1 aromatic rings. The van der Waals surface area contributed by atoms with Gasteiger partial charge >= 0.3 is 5.97 Å². The molecule has 0 atom stereocenters. The fourth-order valence-electron chi connectivity index (χ4n) is 3.53. The highest BCUT2D eigenvalue weighted by Gasteiger charge is 2.41. The molecule has 0 heterocycles. The Bertz CT molecular complexity index is 780. The zero-order valence-corrected chi connectivity index (χ0v) is 23.4. The maximum atomic E-state index is 11.4. The van der Waals surface area contributed by atoms with E-state index in [0.29, 0.717) is 5.92 Å². The van der Waals surface area contributed by atoms with Crippen LogP contribution in [-0.4, -0.2) is 27.7 Å². The summed E-state index contributed by atoms with van der Waals surface area (Å²) in [5.74, 6) is 1.32. The molecular weight excluding hydrogens is 420 g/mol. The summed E-state index contributed by atoms with van der Waals surface area (Å²) >= 11 is 0. The van der Waals surface area contributed by atoms with Gasteiger partial charge in [0.2, 0.25) is 16.6 Å². The first kappa shape index (κ1) is 26.0. The number of hydrogen-bond donors (Lipinski definition) is 1. The third-order valence-electron chi connectivity index (χ3n) is 7.85. The molecule has 1 saturated carbocycles. The Hall–Kier alpha value is -1.28. The van der Waals surface area contributed by atoms with Crippen molar-refractivity contribution in [2.24, 2.45) is 5.92 Å². The summed E-state index contributed by atoms with van der Waals surface area (Å²) in [4.78, 5) is 11.4. The molecule has 0 unspecified atom stereocenters. The summed E-state index contributed by atoms with van der Waals surface area (Å²) in [6.07, 6.45) is 3.27. The van der Waals surface area contributed by atoms with Crippen molar-refractivity contribution in [1.29, 1.82) is 0 Å². The van der Waals surface area contributed by atoms with Crippen LogP contribution in [0, 0.1) is 5.92 Å². The van der Waals surface area contributed by atoms with Gasteiger partial charge in [0, 0.05) is 6.07 Å². The van der Waals surface area contributed by atoms with Crippen LogP contribution in [0.1, 0.15) is 78.7 Å². The van der Waals surface area contributed by atoms with Crippen LogP contribution in [0.15, 0.2) is 18.2 Å². The Labute approximate surface area is 192 Å². The standard InChI is InChI=1S/C25H44O4Si2/c1-24(2,3)30(7,8)28-20-15-16-21(18-11-13-19(14-12-18)23(26)27)22(17-20)29-31(9,10)25(4,5)6/h15-19H,11-14H2,1-10H3,(H,26,27). The number of hydrogen-bond acceptors (Lipinski definition) is 3. The second kappa shape index (κ2) is 8.93. The maximum Gasteiger partial charge on any atom is 0.306 e. The van der Waals surface area contributed by atoms with E-state index in [1.165, 1.54) is 5.56 Å². The third-order valence-corrected chi connectivity index (χ3v) is 16.6. The molecule has 1 aliphatic rings. The Kier molecular flexibility index (Phi) is 7.48. The molecule has 176 valence electrons. The summed E-state index contributed by atoms with van der Waals surface area (Å²) in [6.45, 7) is 22.6. The minimum atomic E-state index is -2.03. The molecule has 6 heteroatoms. The van der Waals surface area contributed by atoms with Crippen molar-refractivity contribution in [2.75, 3.05) is 0 Å².